The Hall–Kier alpha value is -1.29. The number of terminal acetylenes is 1. The standard InChI is InChI=1S/C11H13N/c1-5-9-6-7-10(12-8-9)11(2,3)4/h1,6-8H,2-4H3. The van der Waals surface area contributed by atoms with E-state index in [2.05, 4.69) is 31.7 Å². The van der Waals surface area contributed by atoms with E-state index in [1.54, 1.807) is 6.20 Å². The molecule has 0 saturated carbocycles. The van der Waals surface area contributed by atoms with E-state index in [9.17, 15) is 0 Å². The number of nitrogens with zero attached hydrogens (tertiary/aromatic N) is 1. The largest absolute Gasteiger partial charge is 0.259 e. The van der Waals surface area contributed by atoms with Crippen LogP contribution in [0.25, 0.3) is 0 Å². The van der Waals surface area contributed by atoms with Crippen molar-refractivity contribution in [1.29, 1.82) is 0 Å². The van der Waals surface area contributed by atoms with Gasteiger partial charge in [-0.3, -0.25) is 4.98 Å². The molecule has 1 aromatic rings. The van der Waals surface area contributed by atoms with Crippen LogP contribution in [0.4, 0.5) is 0 Å². The molecule has 62 valence electrons. The molecule has 0 fully saturated rings. The Morgan fingerprint density at radius 2 is 2.00 bits per heavy atom. The second kappa shape index (κ2) is 2.98. The molecule has 1 nitrogen and oxygen atoms in total. The van der Waals surface area contributed by atoms with E-state index in [4.69, 9.17) is 6.42 Å². The number of hydrogen-bond donors (Lipinski definition) is 0. The normalized spacial score (nSPS) is 10.8. The molecule has 1 aromatic heterocycles. The number of rotatable bonds is 0. The van der Waals surface area contributed by atoms with Crippen molar-refractivity contribution in [1.82, 2.24) is 4.98 Å². The monoisotopic (exact) mass is 159 g/mol. The number of hydrogen-bond acceptors (Lipinski definition) is 1. The quantitative estimate of drug-likeness (QED) is 0.529. The summed E-state index contributed by atoms with van der Waals surface area (Å²) < 4.78 is 0. The summed E-state index contributed by atoms with van der Waals surface area (Å²) in [6.07, 6.45) is 6.96. The molecule has 0 amide bonds. The third kappa shape index (κ3) is 1.85. The lowest BCUT2D eigenvalue weighted by molar-refractivity contribution is 0.569. The molecular formula is C11H13N. The molecule has 0 spiro atoms. The molecule has 0 aliphatic rings. The van der Waals surface area contributed by atoms with Crippen molar-refractivity contribution in [2.24, 2.45) is 0 Å². The van der Waals surface area contributed by atoms with Gasteiger partial charge in [0.25, 0.3) is 0 Å². The Morgan fingerprint density at radius 3 is 2.33 bits per heavy atom. The third-order valence-electron chi connectivity index (χ3n) is 1.70. The molecule has 12 heavy (non-hydrogen) atoms. The number of pyridine rings is 1. The molecule has 0 aliphatic carbocycles. The number of aromatic nitrogens is 1. The summed E-state index contributed by atoms with van der Waals surface area (Å²) >= 11 is 0. The van der Waals surface area contributed by atoms with Gasteiger partial charge in [-0.15, -0.1) is 6.42 Å². The predicted molar refractivity (Wildman–Crippen MR) is 50.9 cm³/mol. The van der Waals surface area contributed by atoms with Crippen LogP contribution in [0.15, 0.2) is 18.3 Å². The maximum atomic E-state index is 5.22. The van der Waals surface area contributed by atoms with Gasteiger partial charge in [0, 0.05) is 22.9 Å². The predicted octanol–water partition coefficient (Wildman–Crippen LogP) is 2.36. The Bertz CT molecular complexity index is 295. The van der Waals surface area contributed by atoms with Crippen LogP contribution in [0.2, 0.25) is 0 Å². The smallest absolute Gasteiger partial charge is 0.0457 e. The summed E-state index contributed by atoms with van der Waals surface area (Å²) in [7, 11) is 0. The highest BCUT2D eigenvalue weighted by atomic mass is 14.7. The minimum absolute atomic E-state index is 0.104. The molecule has 0 saturated heterocycles. The van der Waals surface area contributed by atoms with Crippen molar-refractivity contribution < 1.29 is 0 Å². The molecule has 0 atom stereocenters. The van der Waals surface area contributed by atoms with Gasteiger partial charge in [-0.05, 0) is 12.1 Å². The van der Waals surface area contributed by atoms with Gasteiger partial charge in [0.2, 0.25) is 0 Å². The van der Waals surface area contributed by atoms with Crippen molar-refractivity contribution in [3.63, 3.8) is 0 Å². The van der Waals surface area contributed by atoms with Gasteiger partial charge in [-0.2, -0.15) is 0 Å². The van der Waals surface area contributed by atoms with Gasteiger partial charge in [0.1, 0.15) is 0 Å². The highest BCUT2D eigenvalue weighted by Crippen LogP contribution is 2.19. The molecule has 0 aliphatic heterocycles. The summed E-state index contributed by atoms with van der Waals surface area (Å²) in [6.45, 7) is 6.39. The van der Waals surface area contributed by atoms with Crippen LogP contribution < -0.4 is 0 Å². The van der Waals surface area contributed by atoms with Crippen LogP contribution in [0.1, 0.15) is 32.0 Å². The first-order valence-corrected chi connectivity index (χ1v) is 3.97. The first-order chi connectivity index (χ1) is 5.54. The molecule has 0 N–H and O–H groups in total. The van der Waals surface area contributed by atoms with Gasteiger partial charge in [0.15, 0.2) is 0 Å². The van der Waals surface area contributed by atoms with Crippen LogP contribution >= 0.6 is 0 Å². The summed E-state index contributed by atoms with van der Waals surface area (Å²) in [5, 5.41) is 0. The minimum atomic E-state index is 0.104. The lowest BCUT2D eigenvalue weighted by Crippen LogP contribution is -2.12. The van der Waals surface area contributed by atoms with E-state index >= 15 is 0 Å². The lowest BCUT2D eigenvalue weighted by Gasteiger charge is -2.16. The zero-order chi connectivity index (χ0) is 9.19. The van der Waals surface area contributed by atoms with Crippen LogP contribution in [-0.4, -0.2) is 4.98 Å². The van der Waals surface area contributed by atoms with Crippen LogP contribution in [0.5, 0.6) is 0 Å². The average Bonchev–Trinajstić information content (AvgIpc) is 2.03. The van der Waals surface area contributed by atoms with Crippen molar-refractivity contribution in [2.75, 3.05) is 0 Å². The summed E-state index contributed by atoms with van der Waals surface area (Å²) in [5.74, 6) is 2.54. The highest BCUT2D eigenvalue weighted by molar-refractivity contribution is 5.31. The second-order valence-corrected chi connectivity index (χ2v) is 3.83. The summed E-state index contributed by atoms with van der Waals surface area (Å²) in [6, 6.07) is 3.91. The fourth-order valence-corrected chi connectivity index (χ4v) is 0.923. The Labute approximate surface area is 73.8 Å². The molecule has 0 radical (unpaired) electrons. The van der Waals surface area contributed by atoms with E-state index < -0.39 is 0 Å². The molecule has 1 rings (SSSR count). The molecule has 1 heterocycles. The van der Waals surface area contributed by atoms with Gasteiger partial charge in [0.05, 0.1) is 0 Å². The zero-order valence-electron chi connectivity index (χ0n) is 7.76. The zero-order valence-corrected chi connectivity index (χ0v) is 7.76. The topological polar surface area (TPSA) is 12.9 Å². The molecule has 1 heteroatoms. The summed E-state index contributed by atoms with van der Waals surface area (Å²) in [5.41, 5.74) is 2.01. The van der Waals surface area contributed by atoms with Gasteiger partial charge in [-0.1, -0.05) is 26.7 Å². The lowest BCUT2D eigenvalue weighted by atomic mass is 9.91. The van der Waals surface area contributed by atoms with Crippen molar-refractivity contribution in [3.05, 3.63) is 29.6 Å². The van der Waals surface area contributed by atoms with Crippen molar-refractivity contribution in [3.8, 4) is 12.3 Å². The Kier molecular flexibility index (Phi) is 2.19. The van der Waals surface area contributed by atoms with E-state index in [1.165, 1.54) is 0 Å². The van der Waals surface area contributed by atoms with Gasteiger partial charge < -0.3 is 0 Å². The van der Waals surface area contributed by atoms with Crippen LogP contribution in [0, 0.1) is 12.3 Å². The van der Waals surface area contributed by atoms with E-state index in [-0.39, 0.29) is 5.41 Å². The fourth-order valence-electron chi connectivity index (χ4n) is 0.923. The van der Waals surface area contributed by atoms with Crippen LogP contribution in [0.3, 0.4) is 0 Å². The first kappa shape index (κ1) is 8.80. The second-order valence-electron chi connectivity index (χ2n) is 3.83. The first-order valence-electron chi connectivity index (χ1n) is 3.97. The van der Waals surface area contributed by atoms with Crippen molar-refractivity contribution in [2.45, 2.75) is 26.2 Å². The minimum Gasteiger partial charge on any atom is -0.259 e. The van der Waals surface area contributed by atoms with E-state index in [0.717, 1.165) is 11.3 Å². The summed E-state index contributed by atoms with van der Waals surface area (Å²) in [4.78, 5) is 4.28. The average molecular weight is 159 g/mol. The molecule has 0 unspecified atom stereocenters. The third-order valence-corrected chi connectivity index (χ3v) is 1.70. The van der Waals surface area contributed by atoms with Gasteiger partial charge in [-0.25, -0.2) is 0 Å². The molecular weight excluding hydrogens is 146 g/mol. The SMILES string of the molecule is C#Cc1ccc(C(C)(C)C)nc1. The fraction of sp³-hybridized carbons (Fsp3) is 0.364. The highest BCUT2D eigenvalue weighted by Gasteiger charge is 2.14. The molecule has 0 aromatic carbocycles. The van der Waals surface area contributed by atoms with Gasteiger partial charge >= 0.3 is 0 Å². The Morgan fingerprint density at radius 1 is 1.33 bits per heavy atom. The maximum absolute atomic E-state index is 5.22. The van der Waals surface area contributed by atoms with Crippen molar-refractivity contribution >= 4 is 0 Å². The molecule has 0 bridgehead atoms. The van der Waals surface area contributed by atoms with Crippen LogP contribution in [-0.2, 0) is 5.41 Å². The van der Waals surface area contributed by atoms with E-state index in [0.29, 0.717) is 0 Å². The Balaban J connectivity index is 3.02. The van der Waals surface area contributed by atoms with E-state index in [1.807, 2.05) is 12.1 Å². The maximum Gasteiger partial charge on any atom is 0.0457 e.